The van der Waals surface area contributed by atoms with Crippen LogP contribution in [0.4, 0.5) is 0 Å². The lowest BCUT2D eigenvalue weighted by Gasteiger charge is -2.26. The maximum atomic E-state index is 12.4. The molecule has 1 aliphatic heterocycles. The molecular weight excluding hydrogens is 252 g/mol. The first-order chi connectivity index (χ1) is 9.76. The fraction of sp³-hybridized carbons (Fsp3) is 0.588. The molecule has 3 nitrogen and oxygen atoms in total. The maximum absolute atomic E-state index is 12.4. The molecule has 0 bridgehead atoms. The van der Waals surface area contributed by atoms with Crippen molar-refractivity contribution in [3.8, 4) is 5.75 Å². The van der Waals surface area contributed by atoms with Gasteiger partial charge in [-0.25, -0.2) is 0 Å². The predicted octanol–water partition coefficient (Wildman–Crippen LogP) is 3.72. The van der Waals surface area contributed by atoms with Crippen LogP contribution in [0.5, 0.6) is 5.75 Å². The third-order valence-electron chi connectivity index (χ3n) is 3.81. The summed E-state index contributed by atoms with van der Waals surface area (Å²) in [5.74, 6) is 1.43. The van der Waals surface area contributed by atoms with Gasteiger partial charge in [0.25, 0.3) is 0 Å². The molecule has 2 unspecified atom stereocenters. The summed E-state index contributed by atoms with van der Waals surface area (Å²) in [5, 5.41) is 0. The second-order valence-electron chi connectivity index (χ2n) is 5.27. The van der Waals surface area contributed by atoms with Gasteiger partial charge in [-0.2, -0.15) is 0 Å². The van der Waals surface area contributed by atoms with Crippen molar-refractivity contribution in [3.05, 3.63) is 29.8 Å². The standard InChI is InChI=1S/C17H24O3/c1-3-7-17(19-4-2)15(18)12-13-10-11-20-16-9-6-5-8-14(13)16/h5-6,8-9,13,17H,3-4,7,10-12H2,1-2H3. The van der Waals surface area contributed by atoms with Crippen molar-refractivity contribution < 1.29 is 14.3 Å². The van der Waals surface area contributed by atoms with Crippen LogP contribution in [0, 0.1) is 0 Å². The molecule has 1 aromatic carbocycles. The number of hydrogen-bond acceptors (Lipinski definition) is 3. The van der Waals surface area contributed by atoms with E-state index >= 15 is 0 Å². The van der Waals surface area contributed by atoms with E-state index in [1.54, 1.807) is 0 Å². The Morgan fingerprint density at radius 1 is 1.40 bits per heavy atom. The number of fused-ring (bicyclic) bond motifs is 1. The number of ketones is 1. The number of benzene rings is 1. The van der Waals surface area contributed by atoms with E-state index in [2.05, 4.69) is 13.0 Å². The largest absolute Gasteiger partial charge is 0.493 e. The van der Waals surface area contributed by atoms with E-state index in [1.165, 1.54) is 5.56 Å². The number of carbonyl (C=O) groups excluding carboxylic acids is 1. The fourth-order valence-corrected chi connectivity index (χ4v) is 2.80. The molecule has 0 aliphatic carbocycles. The van der Waals surface area contributed by atoms with Crippen molar-refractivity contribution in [1.82, 2.24) is 0 Å². The molecule has 2 rings (SSSR count). The van der Waals surface area contributed by atoms with Gasteiger partial charge in [0.2, 0.25) is 0 Å². The Labute approximate surface area is 121 Å². The minimum atomic E-state index is -0.236. The summed E-state index contributed by atoms with van der Waals surface area (Å²) in [4.78, 5) is 12.4. The number of hydrogen-bond donors (Lipinski definition) is 0. The SMILES string of the molecule is CCCC(OCC)C(=O)CC1CCOc2ccccc21. The highest BCUT2D eigenvalue weighted by molar-refractivity contribution is 5.84. The van der Waals surface area contributed by atoms with Gasteiger partial charge in [0, 0.05) is 13.0 Å². The van der Waals surface area contributed by atoms with E-state index in [0.29, 0.717) is 19.6 Å². The molecule has 0 saturated heterocycles. The third kappa shape index (κ3) is 3.60. The zero-order valence-corrected chi connectivity index (χ0v) is 12.4. The van der Waals surface area contributed by atoms with Crippen LogP contribution >= 0.6 is 0 Å². The zero-order valence-electron chi connectivity index (χ0n) is 12.4. The lowest BCUT2D eigenvalue weighted by Crippen LogP contribution is -2.27. The molecular formula is C17H24O3. The summed E-state index contributed by atoms with van der Waals surface area (Å²) >= 11 is 0. The van der Waals surface area contributed by atoms with Gasteiger partial charge in [-0.1, -0.05) is 31.5 Å². The van der Waals surface area contributed by atoms with Crippen molar-refractivity contribution in [2.75, 3.05) is 13.2 Å². The van der Waals surface area contributed by atoms with Crippen LogP contribution in [0.3, 0.4) is 0 Å². The first-order valence-corrected chi connectivity index (χ1v) is 7.62. The van der Waals surface area contributed by atoms with E-state index in [9.17, 15) is 4.79 Å². The highest BCUT2D eigenvalue weighted by Crippen LogP contribution is 2.36. The summed E-state index contributed by atoms with van der Waals surface area (Å²) in [6, 6.07) is 8.04. The molecule has 0 radical (unpaired) electrons. The van der Waals surface area contributed by atoms with Crippen LogP contribution in [-0.2, 0) is 9.53 Å². The molecule has 0 N–H and O–H groups in total. The molecule has 0 fully saturated rings. The molecule has 0 amide bonds. The molecule has 0 saturated carbocycles. The van der Waals surface area contributed by atoms with E-state index in [-0.39, 0.29) is 17.8 Å². The van der Waals surface area contributed by atoms with Gasteiger partial charge in [0.1, 0.15) is 11.9 Å². The Balaban J connectivity index is 2.04. The summed E-state index contributed by atoms with van der Waals surface area (Å²) in [7, 11) is 0. The Hall–Kier alpha value is -1.35. The molecule has 0 spiro atoms. The van der Waals surface area contributed by atoms with Gasteiger partial charge in [-0.15, -0.1) is 0 Å². The number of ether oxygens (including phenoxy) is 2. The van der Waals surface area contributed by atoms with Crippen LogP contribution in [0.15, 0.2) is 24.3 Å². The van der Waals surface area contributed by atoms with Crippen molar-refractivity contribution in [2.24, 2.45) is 0 Å². The van der Waals surface area contributed by atoms with Crippen LogP contribution in [-0.4, -0.2) is 25.1 Å². The van der Waals surface area contributed by atoms with E-state index in [1.807, 2.05) is 25.1 Å². The monoisotopic (exact) mass is 276 g/mol. The predicted molar refractivity (Wildman–Crippen MR) is 79.2 cm³/mol. The second-order valence-corrected chi connectivity index (χ2v) is 5.27. The smallest absolute Gasteiger partial charge is 0.162 e. The third-order valence-corrected chi connectivity index (χ3v) is 3.81. The van der Waals surface area contributed by atoms with E-state index in [0.717, 1.165) is 25.0 Å². The molecule has 1 heterocycles. The van der Waals surface area contributed by atoms with Crippen LogP contribution < -0.4 is 4.74 Å². The molecule has 20 heavy (non-hydrogen) atoms. The van der Waals surface area contributed by atoms with E-state index in [4.69, 9.17) is 9.47 Å². The Morgan fingerprint density at radius 2 is 2.20 bits per heavy atom. The summed E-state index contributed by atoms with van der Waals surface area (Å²) < 4.78 is 11.2. The second kappa shape index (κ2) is 7.44. The topological polar surface area (TPSA) is 35.5 Å². The highest BCUT2D eigenvalue weighted by Gasteiger charge is 2.27. The van der Waals surface area contributed by atoms with Crippen molar-refractivity contribution in [2.45, 2.75) is 51.6 Å². The van der Waals surface area contributed by atoms with Crippen LogP contribution in [0.25, 0.3) is 0 Å². The van der Waals surface area contributed by atoms with Gasteiger partial charge >= 0.3 is 0 Å². The van der Waals surface area contributed by atoms with Crippen molar-refractivity contribution in [1.29, 1.82) is 0 Å². The van der Waals surface area contributed by atoms with Gasteiger partial charge in [-0.05, 0) is 37.3 Å². The van der Waals surface area contributed by atoms with Crippen LogP contribution in [0.1, 0.15) is 51.0 Å². The molecule has 2 atom stereocenters. The first kappa shape index (κ1) is 15.0. The fourth-order valence-electron chi connectivity index (χ4n) is 2.80. The summed E-state index contributed by atoms with van der Waals surface area (Å²) in [6.45, 7) is 5.32. The molecule has 1 aliphatic rings. The van der Waals surface area contributed by atoms with Crippen molar-refractivity contribution >= 4 is 5.78 Å². The lowest BCUT2D eigenvalue weighted by molar-refractivity contribution is -0.131. The Bertz CT molecular complexity index is 436. The summed E-state index contributed by atoms with van der Waals surface area (Å²) in [5.41, 5.74) is 1.17. The van der Waals surface area contributed by atoms with Crippen LogP contribution in [0.2, 0.25) is 0 Å². The Kier molecular flexibility index (Phi) is 5.60. The summed E-state index contributed by atoms with van der Waals surface area (Å²) in [6.07, 6.45) is 3.02. The Morgan fingerprint density at radius 3 is 2.95 bits per heavy atom. The molecule has 110 valence electrons. The lowest BCUT2D eigenvalue weighted by atomic mass is 9.87. The number of Topliss-reactive ketones (excluding diaryl/α,β-unsaturated/α-hetero) is 1. The molecule has 3 heteroatoms. The molecule has 1 aromatic rings. The minimum Gasteiger partial charge on any atom is -0.493 e. The average Bonchev–Trinajstić information content (AvgIpc) is 2.47. The minimum absolute atomic E-state index is 0.232. The molecule has 0 aromatic heterocycles. The number of carbonyl (C=O) groups is 1. The maximum Gasteiger partial charge on any atom is 0.162 e. The number of rotatable bonds is 7. The van der Waals surface area contributed by atoms with Gasteiger partial charge in [0.15, 0.2) is 5.78 Å². The van der Waals surface area contributed by atoms with Crippen molar-refractivity contribution in [3.63, 3.8) is 0 Å². The first-order valence-electron chi connectivity index (χ1n) is 7.62. The highest BCUT2D eigenvalue weighted by atomic mass is 16.5. The average molecular weight is 276 g/mol. The number of para-hydroxylation sites is 1. The van der Waals surface area contributed by atoms with Gasteiger partial charge < -0.3 is 9.47 Å². The normalized spacial score (nSPS) is 19.0. The van der Waals surface area contributed by atoms with E-state index < -0.39 is 0 Å². The zero-order chi connectivity index (χ0) is 14.4. The van der Waals surface area contributed by atoms with Gasteiger partial charge in [-0.3, -0.25) is 4.79 Å². The van der Waals surface area contributed by atoms with Gasteiger partial charge in [0.05, 0.1) is 6.61 Å². The quantitative estimate of drug-likeness (QED) is 0.761.